The number of thiophene rings is 1. The Kier molecular flexibility index (Phi) is 4.13. The Morgan fingerprint density at radius 2 is 1.73 bits per heavy atom. The first kappa shape index (κ1) is 16.9. The predicted octanol–water partition coefficient (Wildman–Crippen LogP) is 4.19. The van der Waals surface area contributed by atoms with Gasteiger partial charge in [-0.3, -0.25) is 4.79 Å². The molecule has 4 nitrogen and oxygen atoms in total. The summed E-state index contributed by atoms with van der Waals surface area (Å²) in [6, 6.07) is 14.3. The van der Waals surface area contributed by atoms with Gasteiger partial charge in [-0.1, -0.05) is 36.4 Å². The van der Waals surface area contributed by atoms with Gasteiger partial charge in [-0.25, -0.2) is 12.8 Å². The Morgan fingerprint density at radius 1 is 1.04 bits per heavy atom. The van der Waals surface area contributed by atoms with Crippen molar-refractivity contribution in [2.75, 3.05) is 5.32 Å². The number of rotatable bonds is 3. The van der Waals surface area contributed by atoms with Crippen LogP contribution in [0, 0.1) is 5.82 Å². The van der Waals surface area contributed by atoms with Crippen LogP contribution in [0.5, 0.6) is 0 Å². The Balaban J connectivity index is 1.86. The Morgan fingerprint density at radius 3 is 2.46 bits per heavy atom. The SMILES string of the molecule is O=C1CC(c2ccccc2F)c2scc(S(=O)(=O)c3ccccc3)c2N1. The van der Waals surface area contributed by atoms with Crippen LogP contribution in [-0.4, -0.2) is 14.3 Å². The third-order valence-electron chi connectivity index (χ3n) is 4.38. The molecule has 1 aliphatic rings. The lowest BCUT2D eigenvalue weighted by atomic mass is 9.90. The van der Waals surface area contributed by atoms with Crippen molar-refractivity contribution in [2.24, 2.45) is 0 Å². The van der Waals surface area contributed by atoms with E-state index < -0.39 is 21.6 Å². The minimum absolute atomic E-state index is 0.0538. The number of anilines is 1. The largest absolute Gasteiger partial charge is 0.324 e. The zero-order chi connectivity index (χ0) is 18.3. The van der Waals surface area contributed by atoms with Crippen molar-refractivity contribution in [2.45, 2.75) is 22.1 Å². The third-order valence-corrected chi connectivity index (χ3v) is 7.42. The first-order valence-corrected chi connectivity index (χ1v) is 10.3. The zero-order valence-corrected chi connectivity index (χ0v) is 15.1. The maximum Gasteiger partial charge on any atom is 0.225 e. The number of fused-ring (bicyclic) bond motifs is 1. The van der Waals surface area contributed by atoms with Crippen LogP contribution >= 0.6 is 11.3 Å². The van der Waals surface area contributed by atoms with Gasteiger partial charge in [0.15, 0.2) is 0 Å². The number of amides is 1. The van der Waals surface area contributed by atoms with E-state index in [1.165, 1.54) is 34.9 Å². The van der Waals surface area contributed by atoms with Gasteiger partial charge in [-0.05, 0) is 23.8 Å². The van der Waals surface area contributed by atoms with Crippen LogP contribution < -0.4 is 5.32 Å². The van der Waals surface area contributed by atoms with Crippen molar-refractivity contribution in [3.05, 3.63) is 76.2 Å². The van der Waals surface area contributed by atoms with Gasteiger partial charge in [0, 0.05) is 22.6 Å². The topological polar surface area (TPSA) is 63.2 Å². The minimum Gasteiger partial charge on any atom is -0.324 e. The molecule has 2 heterocycles. The van der Waals surface area contributed by atoms with E-state index in [1.807, 2.05) is 0 Å². The molecule has 7 heteroatoms. The number of halogens is 1. The molecular weight excluding hydrogens is 373 g/mol. The van der Waals surface area contributed by atoms with Gasteiger partial charge < -0.3 is 5.32 Å². The molecule has 0 spiro atoms. The molecule has 3 aromatic rings. The van der Waals surface area contributed by atoms with Crippen molar-refractivity contribution in [3.8, 4) is 0 Å². The molecule has 132 valence electrons. The van der Waals surface area contributed by atoms with Gasteiger partial charge in [0.1, 0.15) is 10.7 Å². The Hall–Kier alpha value is -2.51. The summed E-state index contributed by atoms with van der Waals surface area (Å²) in [7, 11) is -3.77. The van der Waals surface area contributed by atoms with Crippen LogP contribution in [0.3, 0.4) is 0 Å². The highest BCUT2D eigenvalue weighted by molar-refractivity contribution is 7.91. The molecule has 1 atom stereocenters. The number of hydrogen-bond donors (Lipinski definition) is 1. The molecular formula is C19H14FNO3S2. The molecule has 1 aliphatic heterocycles. The summed E-state index contributed by atoms with van der Waals surface area (Å²) in [6.45, 7) is 0. The van der Waals surface area contributed by atoms with E-state index in [0.717, 1.165) is 0 Å². The number of carbonyl (C=O) groups is 1. The Bertz CT molecular complexity index is 1090. The fraction of sp³-hybridized carbons (Fsp3) is 0.105. The average molecular weight is 387 g/mol. The highest BCUT2D eigenvalue weighted by Gasteiger charge is 2.35. The lowest BCUT2D eigenvalue weighted by Crippen LogP contribution is -2.24. The van der Waals surface area contributed by atoms with Crippen molar-refractivity contribution in [1.82, 2.24) is 0 Å². The molecule has 1 unspecified atom stereocenters. The maximum atomic E-state index is 14.3. The molecule has 0 bridgehead atoms. The first-order valence-electron chi connectivity index (χ1n) is 7.94. The molecule has 4 rings (SSSR count). The molecule has 1 aromatic heterocycles. The summed E-state index contributed by atoms with van der Waals surface area (Å²) in [5, 5.41) is 4.19. The van der Waals surface area contributed by atoms with E-state index in [2.05, 4.69) is 5.32 Å². The maximum absolute atomic E-state index is 14.3. The van der Waals surface area contributed by atoms with E-state index >= 15 is 0 Å². The summed E-state index contributed by atoms with van der Waals surface area (Å²) in [6.07, 6.45) is 0.0826. The van der Waals surface area contributed by atoms with Crippen molar-refractivity contribution in [1.29, 1.82) is 0 Å². The van der Waals surface area contributed by atoms with Crippen LogP contribution in [0.2, 0.25) is 0 Å². The minimum atomic E-state index is -3.77. The summed E-state index contributed by atoms with van der Waals surface area (Å²) in [5.41, 5.74) is 0.664. The smallest absolute Gasteiger partial charge is 0.225 e. The summed E-state index contributed by atoms with van der Waals surface area (Å²) in [5.74, 6) is -1.22. The van der Waals surface area contributed by atoms with E-state index in [-0.39, 0.29) is 27.8 Å². The van der Waals surface area contributed by atoms with Gasteiger partial charge in [0.05, 0.1) is 10.6 Å². The molecule has 1 amide bonds. The lowest BCUT2D eigenvalue weighted by Gasteiger charge is -2.24. The summed E-state index contributed by atoms with van der Waals surface area (Å²) in [4.78, 5) is 13.1. The van der Waals surface area contributed by atoms with Crippen LogP contribution in [0.4, 0.5) is 10.1 Å². The monoisotopic (exact) mass is 387 g/mol. The standard InChI is InChI=1S/C19H14FNO3S2/c20-15-9-5-4-8-13(15)14-10-17(22)21-18-16(11-25-19(14)18)26(23,24)12-6-2-1-3-7-12/h1-9,11,14H,10H2,(H,21,22). The number of sulfone groups is 1. The summed E-state index contributed by atoms with van der Waals surface area (Å²) < 4.78 is 40.2. The first-order chi connectivity index (χ1) is 12.5. The fourth-order valence-corrected chi connectivity index (χ4v) is 6.06. The van der Waals surface area contributed by atoms with Crippen LogP contribution in [0.15, 0.2) is 69.8 Å². The predicted molar refractivity (Wildman–Crippen MR) is 97.7 cm³/mol. The van der Waals surface area contributed by atoms with Crippen molar-refractivity contribution >= 4 is 32.8 Å². The van der Waals surface area contributed by atoms with Crippen molar-refractivity contribution < 1.29 is 17.6 Å². The zero-order valence-electron chi connectivity index (χ0n) is 13.5. The van der Waals surface area contributed by atoms with Gasteiger partial charge in [-0.2, -0.15) is 0 Å². The Labute approximate surface area is 154 Å². The molecule has 0 aliphatic carbocycles. The normalized spacial score (nSPS) is 16.8. The van der Waals surface area contributed by atoms with Crippen molar-refractivity contribution in [3.63, 3.8) is 0 Å². The third kappa shape index (κ3) is 2.73. The second-order valence-electron chi connectivity index (χ2n) is 5.98. The number of carbonyl (C=O) groups excluding carboxylic acids is 1. The lowest BCUT2D eigenvalue weighted by molar-refractivity contribution is -0.116. The summed E-state index contributed by atoms with van der Waals surface area (Å²) >= 11 is 1.23. The van der Waals surface area contributed by atoms with E-state index in [1.54, 1.807) is 36.4 Å². The molecule has 26 heavy (non-hydrogen) atoms. The highest BCUT2D eigenvalue weighted by atomic mass is 32.2. The molecule has 0 fully saturated rings. The highest BCUT2D eigenvalue weighted by Crippen LogP contribution is 2.46. The van der Waals surface area contributed by atoms with Gasteiger partial charge in [-0.15, -0.1) is 11.3 Å². The van der Waals surface area contributed by atoms with Crippen LogP contribution in [0.25, 0.3) is 0 Å². The average Bonchev–Trinajstić information content (AvgIpc) is 3.07. The number of benzene rings is 2. The van der Waals surface area contributed by atoms with E-state index in [0.29, 0.717) is 10.4 Å². The quantitative estimate of drug-likeness (QED) is 0.733. The van der Waals surface area contributed by atoms with Gasteiger partial charge >= 0.3 is 0 Å². The van der Waals surface area contributed by atoms with E-state index in [4.69, 9.17) is 0 Å². The van der Waals surface area contributed by atoms with Crippen LogP contribution in [-0.2, 0) is 14.6 Å². The number of nitrogens with one attached hydrogen (secondary N) is 1. The molecule has 0 radical (unpaired) electrons. The van der Waals surface area contributed by atoms with E-state index in [9.17, 15) is 17.6 Å². The van der Waals surface area contributed by atoms with Gasteiger partial charge in [0.2, 0.25) is 15.7 Å². The second kappa shape index (κ2) is 6.34. The molecule has 2 aromatic carbocycles. The molecule has 0 saturated heterocycles. The fourth-order valence-electron chi connectivity index (χ4n) is 3.14. The number of hydrogen-bond acceptors (Lipinski definition) is 4. The van der Waals surface area contributed by atoms with Crippen LogP contribution in [0.1, 0.15) is 22.8 Å². The second-order valence-corrected chi connectivity index (χ2v) is 8.81. The van der Waals surface area contributed by atoms with Gasteiger partial charge in [0.25, 0.3) is 0 Å². The molecule has 0 saturated carbocycles. The molecule has 1 N–H and O–H groups in total.